The van der Waals surface area contributed by atoms with Gasteiger partial charge in [0.2, 0.25) is 11.6 Å². The van der Waals surface area contributed by atoms with Crippen LogP contribution in [0.3, 0.4) is 0 Å². The zero-order chi connectivity index (χ0) is 14.1. The average molecular weight is 264 g/mol. The first-order valence-corrected chi connectivity index (χ1v) is 6.22. The largest absolute Gasteiger partial charge is 0.334 e. The van der Waals surface area contributed by atoms with Crippen molar-refractivity contribution in [3.05, 3.63) is 66.0 Å². The van der Waals surface area contributed by atoms with Crippen molar-refractivity contribution in [3.63, 3.8) is 0 Å². The fourth-order valence-electron chi connectivity index (χ4n) is 2.13. The van der Waals surface area contributed by atoms with Crippen molar-refractivity contribution in [1.29, 1.82) is 0 Å². The quantitative estimate of drug-likeness (QED) is 0.539. The van der Waals surface area contributed by atoms with E-state index in [0.717, 1.165) is 5.52 Å². The van der Waals surface area contributed by atoms with E-state index in [4.69, 9.17) is 0 Å². The molecule has 98 valence electrons. The summed E-state index contributed by atoms with van der Waals surface area (Å²) in [6.45, 7) is 0. The van der Waals surface area contributed by atoms with Gasteiger partial charge in [-0.3, -0.25) is 9.59 Å². The standard InChI is InChI=1S/C16H12N2O2/c1-18-10-17-13-9-12(7-8-14(13)18)16(20)15(19)11-5-3-2-4-6-11/h2-10H,1H3. The molecule has 0 aliphatic rings. The number of carbonyl (C=O) groups excluding carboxylic acids is 2. The lowest BCUT2D eigenvalue weighted by Crippen LogP contribution is -2.14. The molecule has 0 aliphatic carbocycles. The molecule has 3 rings (SSSR count). The third-order valence-electron chi connectivity index (χ3n) is 3.23. The van der Waals surface area contributed by atoms with Crippen LogP contribution in [0.2, 0.25) is 0 Å². The Hall–Kier alpha value is -2.75. The second-order valence-corrected chi connectivity index (χ2v) is 4.58. The Kier molecular flexibility index (Phi) is 2.91. The first kappa shape index (κ1) is 12.3. The molecule has 0 aliphatic heterocycles. The lowest BCUT2D eigenvalue weighted by atomic mass is 10.0. The molecule has 0 radical (unpaired) electrons. The molecule has 4 nitrogen and oxygen atoms in total. The van der Waals surface area contributed by atoms with E-state index in [0.29, 0.717) is 16.6 Å². The molecule has 0 saturated carbocycles. The molecule has 0 fully saturated rings. The smallest absolute Gasteiger partial charge is 0.233 e. The van der Waals surface area contributed by atoms with Crippen LogP contribution in [-0.4, -0.2) is 21.1 Å². The van der Waals surface area contributed by atoms with Crippen LogP contribution in [0.15, 0.2) is 54.9 Å². The van der Waals surface area contributed by atoms with Gasteiger partial charge in [-0.15, -0.1) is 0 Å². The van der Waals surface area contributed by atoms with Gasteiger partial charge in [-0.2, -0.15) is 0 Å². The molecule has 0 spiro atoms. The van der Waals surface area contributed by atoms with Crippen molar-refractivity contribution in [2.45, 2.75) is 0 Å². The highest BCUT2D eigenvalue weighted by atomic mass is 16.2. The second-order valence-electron chi connectivity index (χ2n) is 4.58. The summed E-state index contributed by atoms with van der Waals surface area (Å²) in [5, 5.41) is 0. The van der Waals surface area contributed by atoms with E-state index in [9.17, 15) is 9.59 Å². The maximum atomic E-state index is 12.2. The third-order valence-corrected chi connectivity index (χ3v) is 3.23. The number of carbonyl (C=O) groups is 2. The van der Waals surface area contributed by atoms with E-state index in [1.54, 1.807) is 54.9 Å². The Morgan fingerprint density at radius 1 is 0.950 bits per heavy atom. The monoisotopic (exact) mass is 264 g/mol. The Morgan fingerprint density at radius 2 is 1.65 bits per heavy atom. The van der Waals surface area contributed by atoms with Crippen LogP contribution in [0.1, 0.15) is 20.7 Å². The van der Waals surface area contributed by atoms with Crippen LogP contribution in [0.5, 0.6) is 0 Å². The van der Waals surface area contributed by atoms with Crippen LogP contribution in [-0.2, 0) is 7.05 Å². The Labute approximate surface area is 115 Å². The molecule has 20 heavy (non-hydrogen) atoms. The first-order chi connectivity index (χ1) is 9.66. The SMILES string of the molecule is Cn1cnc2cc(C(=O)C(=O)c3ccccc3)ccc21. The predicted octanol–water partition coefficient (Wildman–Crippen LogP) is 2.64. The van der Waals surface area contributed by atoms with Crippen LogP contribution in [0.4, 0.5) is 0 Å². The highest BCUT2D eigenvalue weighted by Crippen LogP contribution is 2.15. The summed E-state index contributed by atoms with van der Waals surface area (Å²) >= 11 is 0. The van der Waals surface area contributed by atoms with Crippen molar-refractivity contribution in [2.24, 2.45) is 7.05 Å². The normalized spacial score (nSPS) is 10.7. The number of fused-ring (bicyclic) bond motifs is 1. The number of rotatable bonds is 3. The molecule has 1 heterocycles. The maximum absolute atomic E-state index is 12.2. The summed E-state index contributed by atoms with van der Waals surface area (Å²) in [6.07, 6.45) is 1.68. The number of ketones is 2. The van der Waals surface area contributed by atoms with Gasteiger partial charge in [-0.1, -0.05) is 30.3 Å². The van der Waals surface area contributed by atoms with Gasteiger partial charge < -0.3 is 4.57 Å². The minimum atomic E-state index is -0.510. The van der Waals surface area contributed by atoms with E-state index in [1.165, 1.54) is 0 Å². The molecule has 4 heteroatoms. The Bertz CT molecular complexity index is 804. The highest BCUT2D eigenvalue weighted by Gasteiger charge is 2.18. The summed E-state index contributed by atoms with van der Waals surface area (Å²) < 4.78 is 1.86. The highest BCUT2D eigenvalue weighted by molar-refractivity contribution is 6.49. The third kappa shape index (κ3) is 2.01. The van der Waals surface area contributed by atoms with Crippen molar-refractivity contribution in [2.75, 3.05) is 0 Å². The summed E-state index contributed by atoms with van der Waals surface area (Å²) in [5.41, 5.74) is 2.40. The molecule has 3 aromatic rings. The van der Waals surface area contributed by atoms with Crippen molar-refractivity contribution in [1.82, 2.24) is 9.55 Å². The minimum absolute atomic E-state index is 0.366. The molecule has 0 amide bonds. The van der Waals surface area contributed by atoms with Gasteiger partial charge in [-0.25, -0.2) is 4.98 Å². The molecule has 0 saturated heterocycles. The lowest BCUT2D eigenvalue weighted by Gasteiger charge is -2.01. The molecular weight excluding hydrogens is 252 g/mol. The lowest BCUT2D eigenvalue weighted by molar-refractivity contribution is 0.0817. The molecule has 2 aromatic carbocycles. The molecule has 0 bridgehead atoms. The number of benzene rings is 2. The van der Waals surface area contributed by atoms with E-state index >= 15 is 0 Å². The van der Waals surface area contributed by atoms with E-state index in [2.05, 4.69) is 4.98 Å². The van der Waals surface area contributed by atoms with E-state index in [-0.39, 0.29) is 0 Å². The van der Waals surface area contributed by atoms with E-state index < -0.39 is 11.6 Å². The van der Waals surface area contributed by atoms with Crippen LogP contribution < -0.4 is 0 Å². The average Bonchev–Trinajstić information content (AvgIpc) is 2.87. The summed E-state index contributed by atoms with van der Waals surface area (Å²) in [6, 6.07) is 13.7. The fourth-order valence-corrected chi connectivity index (χ4v) is 2.13. The molecule has 1 aromatic heterocycles. The summed E-state index contributed by atoms with van der Waals surface area (Å²) in [4.78, 5) is 28.5. The van der Waals surface area contributed by atoms with Gasteiger partial charge >= 0.3 is 0 Å². The number of nitrogens with zero attached hydrogens (tertiary/aromatic N) is 2. The van der Waals surface area contributed by atoms with Crippen LogP contribution in [0, 0.1) is 0 Å². The zero-order valence-electron chi connectivity index (χ0n) is 10.9. The Morgan fingerprint density at radius 3 is 2.40 bits per heavy atom. The molecule has 0 atom stereocenters. The Balaban J connectivity index is 1.98. The van der Waals surface area contributed by atoms with Crippen LogP contribution >= 0.6 is 0 Å². The molecular formula is C16H12N2O2. The number of Topliss-reactive ketones (excluding diaryl/α,β-unsaturated/α-hetero) is 2. The number of aromatic nitrogens is 2. The number of hydrogen-bond acceptors (Lipinski definition) is 3. The van der Waals surface area contributed by atoms with Crippen molar-refractivity contribution >= 4 is 22.6 Å². The van der Waals surface area contributed by atoms with Crippen molar-refractivity contribution in [3.8, 4) is 0 Å². The fraction of sp³-hybridized carbons (Fsp3) is 0.0625. The van der Waals surface area contributed by atoms with Gasteiger partial charge in [0, 0.05) is 18.2 Å². The van der Waals surface area contributed by atoms with Crippen molar-refractivity contribution < 1.29 is 9.59 Å². The topological polar surface area (TPSA) is 52.0 Å². The summed E-state index contributed by atoms with van der Waals surface area (Å²) in [5.74, 6) is -1.01. The maximum Gasteiger partial charge on any atom is 0.233 e. The molecule has 0 N–H and O–H groups in total. The van der Waals surface area contributed by atoms with E-state index in [1.807, 2.05) is 11.6 Å². The first-order valence-electron chi connectivity index (χ1n) is 6.22. The second kappa shape index (κ2) is 4.74. The van der Waals surface area contributed by atoms with Gasteiger partial charge in [0.25, 0.3) is 0 Å². The van der Waals surface area contributed by atoms with Crippen LogP contribution in [0.25, 0.3) is 11.0 Å². The predicted molar refractivity (Wildman–Crippen MR) is 75.8 cm³/mol. The van der Waals surface area contributed by atoms with Gasteiger partial charge in [-0.05, 0) is 18.2 Å². The summed E-state index contributed by atoms with van der Waals surface area (Å²) in [7, 11) is 1.88. The zero-order valence-corrected chi connectivity index (χ0v) is 10.9. The van der Waals surface area contributed by atoms with Gasteiger partial charge in [0.1, 0.15) is 0 Å². The van der Waals surface area contributed by atoms with Gasteiger partial charge in [0.05, 0.1) is 17.4 Å². The minimum Gasteiger partial charge on any atom is -0.334 e. The number of aryl methyl sites for hydroxylation is 1. The van der Waals surface area contributed by atoms with Gasteiger partial charge in [0.15, 0.2) is 0 Å². The number of hydrogen-bond donors (Lipinski definition) is 0. The molecule has 0 unspecified atom stereocenters. The number of imidazole rings is 1.